The minimum absolute atomic E-state index is 0.543. The molecule has 0 amide bonds. The lowest BCUT2D eigenvalue weighted by Crippen LogP contribution is -2.22. The molecule has 0 radical (unpaired) electrons. The highest BCUT2D eigenvalue weighted by Crippen LogP contribution is 2.24. The van der Waals surface area contributed by atoms with E-state index in [2.05, 4.69) is 9.98 Å². The van der Waals surface area contributed by atoms with E-state index < -0.39 is 0 Å². The summed E-state index contributed by atoms with van der Waals surface area (Å²) in [5.41, 5.74) is 5.98. The number of aliphatic imine (C=N–C) groups is 1. The van der Waals surface area contributed by atoms with Crippen molar-refractivity contribution < 1.29 is 0 Å². The largest absolute Gasteiger partial charge is 0.387 e. The van der Waals surface area contributed by atoms with Crippen molar-refractivity contribution >= 4 is 5.84 Å². The summed E-state index contributed by atoms with van der Waals surface area (Å²) >= 11 is 0. The average Bonchev–Trinajstić information content (AvgIpc) is 2.90. The van der Waals surface area contributed by atoms with E-state index in [0.717, 1.165) is 24.6 Å². The fourth-order valence-electron chi connectivity index (χ4n) is 2.27. The Labute approximate surface area is 96.6 Å². The fraction of sp³-hybridized carbons (Fsp3) is 0.667. The lowest BCUT2D eigenvalue weighted by Gasteiger charge is -2.07. The highest BCUT2D eigenvalue weighted by atomic mass is 15.0. The van der Waals surface area contributed by atoms with Gasteiger partial charge in [-0.2, -0.15) is 0 Å². The smallest absolute Gasteiger partial charge is 0.110 e. The maximum Gasteiger partial charge on any atom is 0.110 e. The third-order valence-electron chi connectivity index (χ3n) is 3.32. The summed E-state index contributed by atoms with van der Waals surface area (Å²) < 4.78 is 2.03. The second-order valence-electron chi connectivity index (χ2n) is 4.49. The van der Waals surface area contributed by atoms with E-state index in [0.29, 0.717) is 5.92 Å². The van der Waals surface area contributed by atoms with Gasteiger partial charge in [0.1, 0.15) is 5.82 Å². The van der Waals surface area contributed by atoms with Crippen LogP contribution < -0.4 is 5.73 Å². The van der Waals surface area contributed by atoms with E-state index in [-0.39, 0.29) is 0 Å². The molecule has 1 aromatic heterocycles. The molecule has 0 unspecified atom stereocenters. The molecule has 0 aliphatic heterocycles. The predicted octanol–water partition coefficient (Wildman–Crippen LogP) is 1.51. The second kappa shape index (κ2) is 5.14. The van der Waals surface area contributed by atoms with Gasteiger partial charge in [-0.05, 0) is 12.8 Å². The van der Waals surface area contributed by atoms with Crippen LogP contribution in [0.4, 0.5) is 0 Å². The molecule has 0 atom stereocenters. The number of rotatable bonds is 4. The molecule has 2 rings (SSSR count). The Morgan fingerprint density at radius 1 is 1.56 bits per heavy atom. The van der Waals surface area contributed by atoms with Gasteiger partial charge in [-0.25, -0.2) is 4.98 Å². The maximum atomic E-state index is 5.98. The van der Waals surface area contributed by atoms with Gasteiger partial charge in [0.2, 0.25) is 0 Å². The second-order valence-corrected chi connectivity index (χ2v) is 4.49. The van der Waals surface area contributed by atoms with Crippen LogP contribution in [0.2, 0.25) is 0 Å². The number of nitrogens with two attached hydrogens (primary N) is 1. The van der Waals surface area contributed by atoms with E-state index in [4.69, 9.17) is 5.73 Å². The van der Waals surface area contributed by atoms with Crippen molar-refractivity contribution in [1.82, 2.24) is 9.55 Å². The topological polar surface area (TPSA) is 56.2 Å². The number of amidine groups is 1. The molecule has 1 aliphatic carbocycles. The third kappa shape index (κ3) is 2.62. The molecule has 0 bridgehead atoms. The minimum atomic E-state index is 0.543. The first kappa shape index (κ1) is 11.2. The standard InChI is InChI=1S/C12H20N4/c1-16-9-8-14-11(16)6-7-15-12(13)10-4-2-3-5-10/h8-10H,2-7H2,1H3,(H2,13,15). The normalized spacial score (nSPS) is 18.2. The molecule has 1 heterocycles. The molecule has 16 heavy (non-hydrogen) atoms. The van der Waals surface area contributed by atoms with Gasteiger partial charge in [0.15, 0.2) is 0 Å². The molecule has 4 heteroatoms. The zero-order chi connectivity index (χ0) is 11.4. The number of imidazole rings is 1. The van der Waals surface area contributed by atoms with Crippen LogP contribution in [0.3, 0.4) is 0 Å². The van der Waals surface area contributed by atoms with Gasteiger partial charge in [-0.1, -0.05) is 12.8 Å². The quantitative estimate of drug-likeness (QED) is 0.617. The van der Waals surface area contributed by atoms with Crippen molar-refractivity contribution in [3.63, 3.8) is 0 Å². The lowest BCUT2D eigenvalue weighted by molar-refractivity contribution is 0.710. The molecule has 0 aromatic carbocycles. The van der Waals surface area contributed by atoms with E-state index in [1.165, 1.54) is 25.7 Å². The van der Waals surface area contributed by atoms with Gasteiger partial charge >= 0.3 is 0 Å². The Bertz CT molecular complexity index is 361. The molecule has 88 valence electrons. The van der Waals surface area contributed by atoms with Crippen LogP contribution in [-0.4, -0.2) is 21.9 Å². The summed E-state index contributed by atoms with van der Waals surface area (Å²) in [6, 6.07) is 0. The van der Waals surface area contributed by atoms with Crippen molar-refractivity contribution in [1.29, 1.82) is 0 Å². The monoisotopic (exact) mass is 220 g/mol. The van der Waals surface area contributed by atoms with Gasteiger partial charge in [0.05, 0.1) is 5.84 Å². The van der Waals surface area contributed by atoms with Gasteiger partial charge in [0, 0.05) is 38.3 Å². The fourth-order valence-corrected chi connectivity index (χ4v) is 2.27. The average molecular weight is 220 g/mol. The molecular formula is C12H20N4. The lowest BCUT2D eigenvalue weighted by atomic mass is 10.1. The summed E-state index contributed by atoms with van der Waals surface area (Å²) in [7, 11) is 2.01. The highest BCUT2D eigenvalue weighted by molar-refractivity contribution is 5.83. The van der Waals surface area contributed by atoms with Gasteiger partial charge in [-0.15, -0.1) is 0 Å². The Balaban J connectivity index is 1.82. The van der Waals surface area contributed by atoms with Crippen LogP contribution in [0.25, 0.3) is 0 Å². The van der Waals surface area contributed by atoms with Crippen molar-refractivity contribution in [2.75, 3.05) is 6.54 Å². The van der Waals surface area contributed by atoms with E-state index in [1.807, 2.05) is 24.0 Å². The van der Waals surface area contributed by atoms with Gasteiger partial charge in [0.25, 0.3) is 0 Å². The first-order valence-corrected chi connectivity index (χ1v) is 6.03. The third-order valence-corrected chi connectivity index (χ3v) is 3.32. The summed E-state index contributed by atoms with van der Waals surface area (Å²) in [6.07, 6.45) is 9.70. The highest BCUT2D eigenvalue weighted by Gasteiger charge is 2.18. The maximum absolute atomic E-state index is 5.98. The molecule has 4 nitrogen and oxygen atoms in total. The SMILES string of the molecule is Cn1ccnc1CCN=C(N)C1CCCC1. The predicted molar refractivity (Wildman–Crippen MR) is 65.4 cm³/mol. The van der Waals surface area contributed by atoms with Crippen LogP contribution in [0, 0.1) is 5.92 Å². The molecule has 1 aliphatic rings. The molecule has 1 saturated carbocycles. The van der Waals surface area contributed by atoms with Crippen LogP contribution in [0.5, 0.6) is 0 Å². The van der Waals surface area contributed by atoms with Crippen molar-refractivity contribution in [2.24, 2.45) is 23.7 Å². The Hall–Kier alpha value is -1.32. The summed E-state index contributed by atoms with van der Waals surface area (Å²) in [5.74, 6) is 2.47. The zero-order valence-electron chi connectivity index (χ0n) is 9.89. The summed E-state index contributed by atoms with van der Waals surface area (Å²) in [5, 5.41) is 0. The Morgan fingerprint density at radius 2 is 2.31 bits per heavy atom. The molecule has 1 fully saturated rings. The number of nitrogens with zero attached hydrogens (tertiary/aromatic N) is 3. The molecule has 1 aromatic rings. The first-order valence-electron chi connectivity index (χ1n) is 6.03. The first-order chi connectivity index (χ1) is 7.77. The number of aromatic nitrogens is 2. The van der Waals surface area contributed by atoms with Crippen molar-refractivity contribution in [3.8, 4) is 0 Å². The van der Waals surface area contributed by atoms with E-state index in [1.54, 1.807) is 0 Å². The van der Waals surface area contributed by atoms with Gasteiger partial charge in [-0.3, -0.25) is 4.99 Å². The van der Waals surface area contributed by atoms with Gasteiger partial charge < -0.3 is 10.3 Å². The number of aryl methyl sites for hydroxylation is 1. The minimum Gasteiger partial charge on any atom is -0.387 e. The molecular weight excluding hydrogens is 200 g/mol. The number of hydrogen-bond acceptors (Lipinski definition) is 2. The number of hydrogen-bond donors (Lipinski definition) is 1. The molecule has 0 saturated heterocycles. The zero-order valence-corrected chi connectivity index (χ0v) is 9.89. The van der Waals surface area contributed by atoms with E-state index in [9.17, 15) is 0 Å². The van der Waals surface area contributed by atoms with Crippen LogP contribution >= 0.6 is 0 Å². The molecule has 0 spiro atoms. The van der Waals surface area contributed by atoms with Crippen LogP contribution in [0.1, 0.15) is 31.5 Å². The van der Waals surface area contributed by atoms with Crippen molar-refractivity contribution in [3.05, 3.63) is 18.2 Å². The van der Waals surface area contributed by atoms with Crippen LogP contribution in [0.15, 0.2) is 17.4 Å². The Kier molecular flexibility index (Phi) is 3.59. The van der Waals surface area contributed by atoms with E-state index >= 15 is 0 Å². The summed E-state index contributed by atoms with van der Waals surface area (Å²) in [4.78, 5) is 8.73. The summed E-state index contributed by atoms with van der Waals surface area (Å²) in [6.45, 7) is 0.757. The Morgan fingerprint density at radius 3 is 2.94 bits per heavy atom. The van der Waals surface area contributed by atoms with Crippen LogP contribution in [-0.2, 0) is 13.5 Å². The van der Waals surface area contributed by atoms with Crippen molar-refractivity contribution in [2.45, 2.75) is 32.1 Å². The molecule has 2 N–H and O–H groups in total.